The van der Waals surface area contributed by atoms with E-state index in [9.17, 15) is 18.0 Å². The van der Waals surface area contributed by atoms with Crippen LogP contribution in [0.25, 0.3) is 11.0 Å². The smallest absolute Gasteiger partial charge is 0.338 e. The van der Waals surface area contributed by atoms with E-state index in [4.69, 9.17) is 25.5 Å². The van der Waals surface area contributed by atoms with Crippen molar-refractivity contribution in [3.63, 3.8) is 0 Å². The molecule has 1 unspecified atom stereocenters. The van der Waals surface area contributed by atoms with Crippen molar-refractivity contribution in [3.05, 3.63) is 64.4 Å². The molecule has 10 heteroatoms. The van der Waals surface area contributed by atoms with Gasteiger partial charge in [-0.15, -0.1) is 0 Å². The fraction of sp³-hybridized carbons (Fsp3) is 0.304. The van der Waals surface area contributed by atoms with Crippen molar-refractivity contribution >= 4 is 44.3 Å². The summed E-state index contributed by atoms with van der Waals surface area (Å²) >= 11 is 6.08. The van der Waals surface area contributed by atoms with Crippen LogP contribution < -0.4 is 4.72 Å². The molecule has 174 valence electrons. The Bertz CT molecular complexity index is 1310. The number of halogens is 1. The van der Waals surface area contributed by atoms with Crippen molar-refractivity contribution < 1.29 is 31.9 Å². The number of rotatable bonds is 8. The lowest BCUT2D eigenvalue weighted by Gasteiger charge is -2.13. The van der Waals surface area contributed by atoms with Crippen molar-refractivity contribution in [1.82, 2.24) is 4.72 Å². The highest BCUT2D eigenvalue weighted by Crippen LogP contribution is 2.26. The molecule has 33 heavy (non-hydrogen) atoms. The van der Waals surface area contributed by atoms with Crippen LogP contribution in [-0.4, -0.2) is 46.0 Å². The molecule has 1 fully saturated rings. The molecule has 0 bridgehead atoms. The van der Waals surface area contributed by atoms with E-state index in [1.54, 1.807) is 19.1 Å². The summed E-state index contributed by atoms with van der Waals surface area (Å²) in [6.45, 7) is 1.90. The van der Waals surface area contributed by atoms with E-state index < -0.39 is 28.4 Å². The molecule has 1 aliphatic rings. The van der Waals surface area contributed by atoms with Crippen molar-refractivity contribution in [1.29, 1.82) is 0 Å². The SMILES string of the molecule is Cc1c(C(=O)COC(=O)c2ccc(Cl)c(S(=O)(=O)NCC3CCCO3)c2)oc2ccccc12. The van der Waals surface area contributed by atoms with Gasteiger partial charge in [0, 0.05) is 24.1 Å². The summed E-state index contributed by atoms with van der Waals surface area (Å²) in [5.41, 5.74) is 1.17. The van der Waals surface area contributed by atoms with Crippen LogP contribution in [0, 0.1) is 6.92 Å². The number of sulfonamides is 1. The average Bonchev–Trinajstić information content (AvgIpc) is 3.44. The van der Waals surface area contributed by atoms with E-state index in [0.717, 1.165) is 24.3 Å². The molecule has 0 aliphatic carbocycles. The molecule has 1 aromatic heterocycles. The maximum atomic E-state index is 12.7. The molecule has 2 heterocycles. The number of ether oxygens (including phenoxy) is 2. The van der Waals surface area contributed by atoms with E-state index >= 15 is 0 Å². The maximum Gasteiger partial charge on any atom is 0.338 e. The third-order valence-electron chi connectivity index (χ3n) is 5.41. The Kier molecular flexibility index (Phi) is 6.85. The quantitative estimate of drug-likeness (QED) is 0.375. The number of carbonyl (C=O) groups excluding carboxylic acids is 2. The summed E-state index contributed by atoms with van der Waals surface area (Å²) in [4.78, 5) is 24.8. The van der Waals surface area contributed by atoms with Gasteiger partial charge in [0.2, 0.25) is 15.8 Å². The molecule has 2 aromatic carbocycles. The number of benzene rings is 2. The second kappa shape index (κ2) is 9.64. The molecule has 8 nitrogen and oxygen atoms in total. The highest BCUT2D eigenvalue weighted by atomic mass is 35.5. The highest BCUT2D eigenvalue weighted by Gasteiger charge is 2.24. The minimum atomic E-state index is -3.98. The first-order chi connectivity index (χ1) is 15.8. The third-order valence-corrected chi connectivity index (χ3v) is 7.32. The van der Waals surface area contributed by atoms with Gasteiger partial charge >= 0.3 is 5.97 Å². The maximum absolute atomic E-state index is 12.7. The van der Waals surface area contributed by atoms with Gasteiger partial charge in [0.1, 0.15) is 10.5 Å². The van der Waals surface area contributed by atoms with Gasteiger partial charge in [0.15, 0.2) is 12.4 Å². The Labute approximate surface area is 195 Å². The molecule has 3 aromatic rings. The zero-order valence-electron chi connectivity index (χ0n) is 17.8. The first-order valence-electron chi connectivity index (χ1n) is 10.4. The summed E-state index contributed by atoms with van der Waals surface area (Å²) in [5.74, 6) is -1.25. The van der Waals surface area contributed by atoms with E-state index in [-0.39, 0.29) is 33.9 Å². The Balaban J connectivity index is 1.44. The molecule has 4 rings (SSSR count). The Morgan fingerprint density at radius 2 is 2.00 bits per heavy atom. The number of hydrogen-bond acceptors (Lipinski definition) is 7. The van der Waals surface area contributed by atoms with Gasteiger partial charge in [-0.25, -0.2) is 17.9 Å². The van der Waals surface area contributed by atoms with E-state index in [2.05, 4.69) is 4.72 Å². The van der Waals surface area contributed by atoms with Crippen molar-refractivity contribution in [3.8, 4) is 0 Å². The lowest BCUT2D eigenvalue weighted by Crippen LogP contribution is -2.32. The number of carbonyl (C=O) groups is 2. The van der Waals surface area contributed by atoms with Gasteiger partial charge in [0.05, 0.1) is 16.7 Å². The molecular weight excluding hydrogens is 470 g/mol. The second-order valence-corrected chi connectivity index (χ2v) is 9.83. The summed E-state index contributed by atoms with van der Waals surface area (Å²) < 4.78 is 44.0. The van der Waals surface area contributed by atoms with Gasteiger partial charge in [-0.05, 0) is 44.0 Å². The number of fused-ring (bicyclic) bond motifs is 1. The topological polar surface area (TPSA) is 112 Å². The van der Waals surface area contributed by atoms with Crippen LogP contribution in [0.2, 0.25) is 5.02 Å². The summed E-state index contributed by atoms with van der Waals surface area (Å²) in [7, 11) is -3.98. The van der Waals surface area contributed by atoms with Crippen LogP contribution in [-0.2, 0) is 19.5 Å². The molecule has 0 amide bonds. The number of ketones is 1. The minimum absolute atomic E-state index is 0.0413. The predicted octanol–water partition coefficient (Wildman–Crippen LogP) is 3.89. The van der Waals surface area contributed by atoms with Gasteiger partial charge in [-0.2, -0.15) is 0 Å². The molecule has 1 aliphatic heterocycles. The fourth-order valence-electron chi connectivity index (χ4n) is 3.64. The van der Waals surface area contributed by atoms with Crippen molar-refractivity contribution in [2.24, 2.45) is 0 Å². The number of furan rings is 1. The normalized spacial score (nSPS) is 16.2. The monoisotopic (exact) mass is 491 g/mol. The average molecular weight is 492 g/mol. The van der Waals surface area contributed by atoms with E-state index in [0.29, 0.717) is 17.8 Å². The van der Waals surface area contributed by atoms with Gasteiger partial charge in [-0.3, -0.25) is 4.79 Å². The first-order valence-corrected chi connectivity index (χ1v) is 12.2. The minimum Gasteiger partial charge on any atom is -0.454 e. The predicted molar refractivity (Wildman–Crippen MR) is 121 cm³/mol. The lowest BCUT2D eigenvalue weighted by molar-refractivity contribution is 0.0468. The van der Waals surface area contributed by atoms with Crippen LogP contribution in [0.1, 0.15) is 39.3 Å². The number of Topliss-reactive ketones (excluding diaryl/α,β-unsaturated/α-hetero) is 1. The molecule has 1 saturated heterocycles. The Morgan fingerprint density at radius 3 is 2.73 bits per heavy atom. The van der Waals surface area contributed by atoms with Gasteiger partial charge < -0.3 is 13.9 Å². The molecule has 1 N–H and O–H groups in total. The van der Waals surface area contributed by atoms with Crippen LogP contribution in [0.4, 0.5) is 0 Å². The Morgan fingerprint density at radius 1 is 1.21 bits per heavy atom. The van der Waals surface area contributed by atoms with Crippen LogP contribution in [0.3, 0.4) is 0 Å². The van der Waals surface area contributed by atoms with E-state index in [1.807, 2.05) is 12.1 Å². The Hall–Kier alpha value is -2.72. The zero-order valence-corrected chi connectivity index (χ0v) is 19.4. The first kappa shape index (κ1) is 23.4. The summed E-state index contributed by atoms with van der Waals surface area (Å²) in [5, 5.41) is 0.760. The molecular formula is C23H22ClNO7S. The number of aryl methyl sites for hydroxylation is 1. The molecule has 0 spiro atoms. The van der Waals surface area contributed by atoms with Gasteiger partial charge in [0.25, 0.3) is 0 Å². The zero-order chi connectivity index (χ0) is 23.6. The molecule has 0 saturated carbocycles. The number of hydrogen-bond donors (Lipinski definition) is 1. The number of esters is 1. The second-order valence-electron chi connectivity index (χ2n) is 7.68. The highest BCUT2D eigenvalue weighted by molar-refractivity contribution is 7.89. The van der Waals surface area contributed by atoms with Crippen LogP contribution in [0.5, 0.6) is 0 Å². The molecule has 1 atom stereocenters. The van der Waals surface area contributed by atoms with Crippen LogP contribution >= 0.6 is 11.6 Å². The standard InChI is InChI=1S/C23H22ClNO7S/c1-14-17-6-2-3-7-20(17)32-22(14)19(26)13-31-23(27)15-8-9-18(24)21(11-15)33(28,29)25-12-16-5-4-10-30-16/h2-3,6-9,11,16,25H,4-5,10,12-13H2,1H3. The fourth-order valence-corrected chi connectivity index (χ4v) is 5.23. The van der Waals surface area contributed by atoms with Crippen molar-refractivity contribution in [2.75, 3.05) is 19.8 Å². The van der Waals surface area contributed by atoms with Crippen molar-refractivity contribution in [2.45, 2.75) is 30.8 Å². The van der Waals surface area contributed by atoms with Gasteiger partial charge in [-0.1, -0.05) is 29.8 Å². The third kappa shape index (κ3) is 5.11. The number of para-hydroxylation sites is 1. The van der Waals surface area contributed by atoms with Crippen LogP contribution in [0.15, 0.2) is 51.8 Å². The molecule has 0 radical (unpaired) electrons. The lowest BCUT2D eigenvalue weighted by atomic mass is 10.1. The van der Waals surface area contributed by atoms with E-state index in [1.165, 1.54) is 12.1 Å². The largest absolute Gasteiger partial charge is 0.454 e. The summed E-state index contributed by atoms with van der Waals surface area (Å²) in [6, 6.07) is 11.0. The summed E-state index contributed by atoms with van der Waals surface area (Å²) in [6.07, 6.45) is 1.45. The number of nitrogens with one attached hydrogen (secondary N) is 1.